The van der Waals surface area contributed by atoms with Crippen LogP contribution in [0.2, 0.25) is 5.02 Å². The number of benzene rings is 2. The van der Waals surface area contributed by atoms with E-state index in [0.717, 1.165) is 30.4 Å². The number of halogens is 1. The molecule has 3 aliphatic heterocycles. The minimum Gasteiger partial charge on any atom is -0.341 e. The molecule has 0 aromatic heterocycles. The van der Waals surface area contributed by atoms with Crippen LogP contribution in [0.3, 0.4) is 0 Å². The molecule has 2 aromatic carbocycles. The molecule has 8 heteroatoms. The topological polar surface area (TPSA) is 73.0 Å². The van der Waals surface area contributed by atoms with Gasteiger partial charge in [-0.05, 0) is 42.5 Å². The molecule has 1 fully saturated rings. The highest BCUT2D eigenvalue weighted by Gasteiger charge is 2.47. The third-order valence-corrected chi connectivity index (χ3v) is 7.62. The van der Waals surface area contributed by atoms with Gasteiger partial charge in [0.15, 0.2) is 0 Å². The smallest absolute Gasteiger partial charge is 0.322 e. The van der Waals surface area contributed by atoms with Crippen molar-refractivity contribution in [2.45, 2.75) is 37.8 Å². The fraction of sp³-hybridized carbons (Fsp3) is 0.345. The van der Waals surface area contributed by atoms with Gasteiger partial charge >= 0.3 is 6.03 Å². The summed E-state index contributed by atoms with van der Waals surface area (Å²) in [6.45, 7) is 5.66. The highest BCUT2D eigenvalue weighted by molar-refractivity contribution is 6.30. The van der Waals surface area contributed by atoms with Gasteiger partial charge in [0.05, 0.1) is 23.9 Å². The quantitative estimate of drug-likeness (QED) is 0.555. The van der Waals surface area contributed by atoms with Crippen LogP contribution in [0.25, 0.3) is 0 Å². The zero-order chi connectivity index (χ0) is 25.9. The van der Waals surface area contributed by atoms with Crippen LogP contribution in [0.4, 0.5) is 4.79 Å². The Morgan fingerprint density at radius 1 is 1.05 bits per heavy atom. The van der Waals surface area contributed by atoms with E-state index in [4.69, 9.17) is 11.6 Å². The molecule has 2 aromatic rings. The van der Waals surface area contributed by atoms with E-state index in [1.165, 1.54) is 0 Å². The number of urea groups is 1. The SMILES string of the molecule is C=CCN1C(=O)N[C@@H](c2ccc(Cl)cc2)C2=C1CN([C@@H](Cc1ccccc1)C(=O)N1CCCCC1)C2=O. The Kier molecular flexibility index (Phi) is 7.33. The van der Waals surface area contributed by atoms with Crippen molar-refractivity contribution in [3.8, 4) is 0 Å². The molecule has 3 heterocycles. The number of likely N-dealkylation sites (tertiary alicyclic amines) is 1. The van der Waals surface area contributed by atoms with E-state index in [9.17, 15) is 14.4 Å². The lowest BCUT2D eigenvalue weighted by molar-refractivity contribution is -0.143. The van der Waals surface area contributed by atoms with E-state index in [-0.39, 0.29) is 30.9 Å². The molecule has 2 atom stereocenters. The first-order valence-corrected chi connectivity index (χ1v) is 13.2. The Hall–Kier alpha value is -3.58. The molecule has 1 saturated heterocycles. The molecule has 0 radical (unpaired) electrons. The molecular formula is C29H31ClN4O3. The first-order valence-electron chi connectivity index (χ1n) is 12.8. The summed E-state index contributed by atoms with van der Waals surface area (Å²) in [5.41, 5.74) is 2.87. The van der Waals surface area contributed by atoms with Crippen molar-refractivity contribution in [3.63, 3.8) is 0 Å². The number of rotatable bonds is 7. The lowest BCUT2D eigenvalue weighted by Crippen LogP contribution is -2.52. The van der Waals surface area contributed by atoms with Crippen LogP contribution < -0.4 is 5.32 Å². The van der Waals surface area contributed by atoms with Crippen molar-refractivity contribution < 1.29 is 14.4 Å². The monoisotopic (exact) mass is 518 g/mol. The minimum atomic E-state index is -0.662. The van der Waals surface area contributed by atoms with Crippen LogP contribution in [0.15, 0.2) is 78.5 Å². The highest BCUT2D eigenvalue weighted by atomic mass is 35.5. The molecule has 1 N–H and O–H groups in total. The van der Waals surface area contributed by atoms with E-state index in [1.54, 1.807) is 28.0 Å². The van der Waals surface area contributed by atoms with Crippen LogP contribution in [0.1, 0.15) is 36.4 Å². The largest absolute Gasteiger partial charge is 0.341 e. The number of nitrogens with zero attached hydrogens (tertiary/aromatic N) is 3. The number of amides is 4. The van der Waals surface area contributed by atoms with Crippen molar-refractivity contribution in [2.75, 3.05) is 26.2 Å². The maximum absolute atomic E-state index is 14.1. The maximum atomic E-state index is 14.1. The average Bonchev–Trinajstić information content (AvgIpc) is 3.26. The summed E-state index contributed by atoms with van der Waals surface area (Å²) in [5.74, 6) is -0.260. The summed E-state index contributed by atoms with van der Waals surface area (Å²) >= 11 is 6.10. The molecule has 0 aliphatic carbocycles. The average molecular weight is 519 g/mol. The van der Waals surface area contributed by atoms with Gasteiger partial charge in [0.1, 0.15) is 6.04 Å². The first kappa shape index (κ1) is 25.1. The molecule has 4 amide bonds. The van der Waals surface area contributed by atoms with Gasteiger partial charge in [-0.3, -0.25) is 14.5 Å². The molecule has 0 bridgehead atoms. The van der Waals surface area contributed by atoms with Crippen LogP contribution >= 0.6 is 11.6 Å². The van der Waals surface area contributed by atoms with Gasteiger partial charge in [0.25, 0.3) is 5.91 Å². The normalized spacial score (nSPS) is 20.6. The molecule has 0 saturated carbocycles. The van der Waals surface area contributed by atoms with Gasteiger partial charge in [0, 0.05) is 31.1 Å². The lowest BCUT2D eigenvalue weighted by Gasteiger charge is -2.35. The standard InChI is InChI=1S/C29H31ClN4O3/c1-2-15-33-24-19-34(28(36)25(24)26(31-29(33)37)21-11-13-22(30)14-12-21)23(18-20-9-5-3-6-10-20)27(35)32-16-7-4-8-17-32/h2-3,5-6,9-14,23,26H,1,4,7-8,15-19H2,(H,31,37)/t23-,26-/m0/s1. The van der Waals surface area contributed by atoms with Gasteiger partial charge in [-0.2, -0.15) is 0 Å². The van der Waals surface area contributed by atoms with Crippen molar-refractivity contribution in [1.29, 1.82) is 0 Å². The fourth-order valence-corrected chi connectivity index (χ4v) is 5.61. The number of piperidine rings is 1. The van der Waals surface area contributed by atoms with Crippen LogP contribution in [0, 0.1) is 0 Å². The summed E-state index contributed by atoms with van der Waals surface area (Å²) in [6.07, 6.45) is 5.10. The van der Waals surface area contributed by atoms with Gasteiger partial charge in [-0.15, -0.1) is 6.58 Å². The number of carbonyl (C=O) groups excluding carboxylic acids is 3. The third kappa shape index (κ3) is 5.01. The van der Waals surface area contributed by atoms with Crippen molar-refractivity contribution in [3.05, 3.63) is 94.7 Å². The lowest BCUT2D eigenvalue weighted by atomic mass is 9.95. The van der Waals surface area contributed by atoms with E-state index in [1.807, 2.05) is 47.4 Å². The Morgan fingerprint density at radius 2 is 1.76 bits per heavy atom. The van der Waals surface area contributed by atoms with Crippen LogP contribution in [-0.2, 0) is 16.0 Å². The van der Waals surface area contributed by atoms with Crippen LogP contribution in [-0.4, -0.2) is 64.8 Å². The summed E-state index contributed by atoms with van der Waals surface area (Å²) in [7, 11) is 0. The number of nitrogens with one attached hydrogen (secondary N) is 1. The summed E-state index contributed by atoms with van der Waals surface area (Å²) in [6, 6.07) is 15.3. The summed E-state index contributed by atoms with van der Waals surface area (Å²) in [4.78, 5) is 46.3. The van der Waals surface area contributed by atoms with E-state index < -0.39 is 12.1 Å². The predicted octanol–water partition coefficient (Wildman–Crippen LogP) is 4.31. The van der Waals surface area contributed by atoms with Crippen molar-refractivity contribution in [2.24, 2.45) is 0 Å². The first-order chi connectivity index (χ1) is 18.0. The zero-order valence-electron chi connectivity index (χ0n) is 20.7. The van der Waals surface area contributed by atoms with Crippen molar-refractivity contribution >= 4 is 29.4 Å². The van der Waals surface area contributed by atoms with Gasteiger partial charge in [0.2, 0.25) is 5.91 Å². The number of hydrogen-bond acceptors (Lipinski definition) is 3. The number of hydrogen-bond donors (Lipinski definition) is 1. The molecule has 5 rings (SSSR count). The Morgan fingerprint density at radius 3 is 2.43 bits per heavy atom. The van der Waals surface area contributed by atoms with Gasteiger partial charge in [-0.1, -0.05) is 60.1 Å². The predicted molar refractivity (Wildman–Crippen MR) is 143 cm³/mol. The van der Waals surface area contributed by atoms with Gasteiger partial charge < -0.3 is 15.1 Å². The zero-order valence-corrected chi connectivity index (χ0v) is 21.5. The summed E-state index contributed by atoms with van der Waals surface area (Å²) in [5, 5.41) is 3.56. The molecule has 37 heavy (non-hydrogen) atoms. The Labute approximate surface area is 222 Å². The Balaban J connectivity index is 1.52. The molecular weight excluding hydrogens is 488 g/mol. The van der Waals surface area contributed by atoms with E-state index in [2.05, 4.69) is 11.9 Å². The highest BCUT2D eigenvalue weighted by Crippen LogP contribution is 2.38. The van der Waals surface area contributed by atoms with E-state index >= 15 is 0 Å². The number of carbonyl (C=O) groups is 3. The maximum Gasteiger partial charge on any atom is 0.322 e. The third-order valence-electron chi connectivity index (χ3n) is 7.37. The minimum absolute atomic E-state index is 0.0330. The fourth-order valence-electron chi connectivity index (χ4n) is 5.49. The van der Waals surface area contributed by atoms with E-state index in [0.29, 0.717) is 35.8 Å². The molecule has 0 unspecified atom stereocenters. The van der Waals surface area contributed by atoms with Crippen molar-refractivity contribution in [1.82, 2.24) is 20.0 Å². The molecule has 192 valence electrons. The summed E-state index contributed by atoms with van der Waals surface area (Å²) < 4.78 is 0. The molecule has 3 aliphatic rings. The molecule has 7 nitrogen and oxygen atoms in total. The second kappa shape index (κ2) is 10.8. The molecule has 0 spiro atoms. The second-order valence-corrected chi connectivity index (χ2v) is 10.2. The van der Waals surface area contributed by atoms with Gasteiger partial charge in [-0.25, -0.2) is 4.79 Å². The van der Waals surface area contributed by atoms with Crippen LogP contribution in [0.5, 0.6) is 0 Å². The Bertz CT molecular complexity index is 1220. The second-order valence-electron chi connectivity index (χ2n) is 9.72.